The molecule has 0 spiro atoms. The maximum atomic E-state index is 12.7. The molecule has 4 rings (SSSR count). The number of ether oxygens (including phenoxy) is 2. The van der Waals surface area contributed by atoms with Crippen LogP contribution in [0.4, 0.5) is 10.5 Å². The molecule has 7 heteroatoms. The van der Waals surface area contributed by atoms with E-state index in [9.17, 15) is 4.79 Å². The molecule has 28 heavy (non-hydrogen) atoms. The summed E-state index contributed by atoms with van der Waals surface area (Å²) < 4.78 is 10.9. The predicted molar refractivity (Wildman–Crippen MR) is 109 cm³/mol. The Hall–Kier alpha value is -2.38. The summed E-state index contributed by atoms with van der Waals surface area (Å²) in [5.41, 5.74) is 1.41. The summed E-state index contributed by atoms with van der Waals surface area (Å²) >= 11 is 0. The van der Waals surface area contributed by atoms with E-state index in [0.717, 1.165) is 55.4 Å². The fourth-order valence-electron chi connectivity index (χ4n) is 4.55. The third kappa shape index (κ3) is 3.77. The molecule has 2 aromatic rings. The van der Waals surface area contributed by atoms with Crippen molar-refractivity contribution in [3.63, 3.8) is 0 Å². The van der Waals surface area contributed by atoms with Gasteiger partial charge in [0.15, 0.2) is 0 Å². The van der Waals surface area contributed by atoms with Crippen molar-refractivity contribution in [2.24, 2.45) is 0 Å². The number of hydrogen-bond donors (Lipinski definition) is 2. The number of pyridine rings is 1. The average Bonchev–Trinajstić information content (AvgIpc) is 3.37. The highest BCUT2D eigenvalue weighted by Gasteiger charge is 2.36. The Bertz CT molecular complexity index is 844. The topological polar surface area (TPSA) is 75.7 Å². The normalized spacial score (nSPS) is 25.1. The Morgan fingerprint density at radius 3 is 2.89 bits per heavy atom. The van der Waals surface area contributed by atoms with Crippen molar-refractivity contribution in [2.75, 3.05) is 32.6 Å². The molecule has 0 bridgehead atoms. The van der Waals surface area contributed by atoms with Crippen molar-refractivity contribution in [1.29, 1.82) is 0 Å². The van der Waals surface area contributed by atoms with E-state index in [4.69, 9.17) is 9.47 Å². The SMILES string of the molecule is COc1ccc(NC(=O)N[C@H]2CCC[C@H]2N2CCC(OC)C2)c2ncccc12. The number of benzene rings is 1. The fraction of sp³-hybridized carbons (Fsp3) is 0.524. The second kappa shape index (κ2) is 8.32. The summed E-state index contributed by atoms with van der Waals surface area (Å²) in [5.74, 6) is 0.742. The average molecular weight is 384 g/mol. The van der Waals surface area contributed by atoms with Crippen LogP contribution in [0.3, 0.4) is 0 Å². The zero-order chi connectivity index (χ0) is 19.5. The zero-order valence-corrected chi connectivity index (χ0v) is 16.5. The van der Waals surface area contributed by atoms with Crippen LogP contribution in [0.5, 0.6) is 5.75 Å². The van der Waals surface area contributed by atoms with Gasteiger partial charge in [0.25, 0.3) is 0 Å². The molecule has 2 amide bonds. The summed E-state index contributed by atoms with van der Waals surface area (Å²) in [4.78, 5) is 19.6. The number of carbonyl (C=O) groups is 1. The van der Waals surface area contributed by atoms with Crippen molar-refractivity contribution in [2.45, 2.75) is 43.9 Å². The van der Waals surface area contributed by atoms with Crippen LogP contribution in [-0.4, -0.2) is 61.4 Å². The number of aromatic nitrogens is 1. The lowest BCUT2D eigenvalue weighted by Crippen LogP contribution is -2.49. The minimum Gasteiger partial charge on any atom is -0.496 e. The molecule has 1 aliphatic heterocycles. The number of rotatable bonds is 5. The largest absolute Gasteiger partial charge is 0.496 e. The van der Waals surface area contributed by atoms with E-state index in [1.165, 1.54) is 0 Å². The zero-order valence-electron chi connectivity index (χ0n) is 16.5. The molecular weight excluding hydrogens is 356 g/mol. The molecule has 1 aromatic carbocycles. The monoisotopic (exact) mass is 384 g/mol. The summed E-state index contributed by atoms with van der Waals surface area (Å²) in [7, 11) is 3.41. The van der Waals surface area contributed by atoms with Gasteiger partial charge in [0.2, 0.25) is 0 Å². The summed E-state index contributed by atoms with van der Waals surface area (Å²) in [6.07, 6.45) is 6.36. The molecule has 150 valence electrons. The van der Waals surface area contributed by atoms with Crippen LogP contribution in [0.25, 0.3) is 10.9 Å². The second-order valence-electron chi connectivity index (χ2n) is 7.56. The summed E-state index contributed by atoms with van der Waals surface area (Å²) in [6.45, 7) is 1.99. The van der Waals surface area contributed by atoms with Gasteiger partial charge in [0.05, 0.1) is 24.4 Å². The molecule has 2 N–H and O–H groups in total. The smallest absolute Gasteiger partial charge is 0.319 e. The Kier molecular flexibility index (Phi) is 5.64. The minimum atomic E-state index is -0.184. The van der Waals surface area contributed by atoms with E-state index in [2.05, 4.69) is 20.5 Å². The van der Waals surface area contributed by atoms with Crippen LogP contribution in [0.15, 0.2) is 30.5 Å². The van der Waals surface area contributed by atoms with E-state index in [1.807, 2.05) is 24.3 Å². The lowest BCUT2D eigenvalue weighted by molar-refractivity contribution is 0.0985. The predicted octanol–water partition coefficient (Wildman–Crippen LogP) is 3.01. The van der Waals surface area contributed by atoms with E-state index in [1.54, 1.807) is 20.4 Å². The standard InChI is InChI=1S/C21H28N4O3/c1-27-14-10-12-25(13-14)18-7-3-6-16(18)23-21(26)24-17-8-9-19(28-2)15-5-4-11-22-20(15)17/h4-5,8-9,11,14,16,18H,3,6-7,10,12-13H2,1-2H3,(H2,23,24,26)/t14?,16-,18+/m0/s1. The van der Waals surface area contributed by atoms with Crippen LogP contribution < -0.4 is 15.4 Å². The molecule has 1 aliphatic carbocycles. The van der Waals surface area contributed by atoms with Crippen LogP contribution in [-0.2, 0) is 4.74 Å². The highest BCUT2D eigenvalue weighted by molar-refractivity contribution is 6.01. The summed E-state index contributed by atoms with van der Waals surface area (Å²) in [6, 6.07) is 7.86. The fourth-order valence-corrected chi connectivity index (χ4v) is 4.55. The van der Waals surface area contributed by atoms with Crippen LogP contribution >= 0.6 is 0 Å². The number of urea groups is 1. The van der Waals surface area contributed by atoms with Crippen LogP contribution in [0.1, 0.15) is 25.7 Å². The van der Waals surface area contributed by atoms with Crippen molar-refractivity contribution < 1.29 is 14.3 Å². The second-order valence-corrected chi connectivity index (χ2v) is 7.56. The van der Waals surface area contributed by atoms with Gasteiger partial charge in [0, 0.05) is 43.9 Å². The Morgan fingerprint density at radius 2 is 2.11 bits per heavy atom. The first-order valence-corrected chi connectivity index (χ1v) is 9.95. The molecule has 1 unspecified atom stereocenters. The van der Waals surface area contributed by atoms with E-state index < -0.39 is 0 Å². The van der Waals surface area contributed by atoms with Gasteiger partial charge >= 0.3 is 6.03 Å². The molecule has 7 nitrogen and oxygen atoms in total. The number of likely N-dealkylation sites (tertiary alicyclic amines) is 1. The van der Waals surface area contributed by atoms with E-state index in [0.29, 0.717) is 17.8 Å². The molecular formula is C21H28N4O3. The molecule has 3 atom stereocenters. The lowest BCUT2D eigenvalue weighted by Gasteiger charge is -2.30. The number of anilines is 1. The highest BCUT2D eigenvalue weighted by Crippen LogP contribution is 2.30. The van der Waals surface area contributed by atoms with Gasteiger partial charge in [-0.05, 0) is 49.9 Å². The van der Waals surface area contributed by atoms with Crippen molar-refractivity contribution in [1.82, 2.24) is 15.2 Å². The molecule has 2 aliphatic rings. The number of hydrogen-bond acceptors (Lipinski definition) is 5. The maximum absolute atomic E-state index is 12.7. The third-order valence-electron chi connectivity index (χ3n) is 5.97. The molecule has 2 heterocycles. The number of methoxy groups -OCH3 is 2. The molecule has 1 saturated heterocycles. The Morgan fingerprint density at radius 1 is 1.21 bits per heavy atom. The van der Waals surface area contributed by atoms with Crippen molar-refractivity contribution in [3.05, 3.63) is 30.5 Å². The molecule has 1 aromatic heterocycles. The number of amides is 2. The minimum absolute atomic E-state index is 0.160. The van der Waals surface area contributed by atoms with Crippen molar-refractivity contribution in [3.8, 4) is 5.75 Å². The van der Waals surface area contributed by atoms with E-state index >= 15 is 0 Å². The first kappa shape index (κ1) is 19.0. The highest BCUT2D eigenvalue weighted by atomic mass is 16.5. The van der Waals surface area contributed by atoms with E-state index in [-0.39, 0.29) is 12.1 Å². The number of nitrogens with one attached hydrogen (secondary N) is 2. The number of fused-ring (bicyclic) bond motifs is 1. The van der Waals surface area contributed by atoms with Crippen LogP contribution in [0.2, 0.25) is 0 Å². The molecule has 1 saturated carbocycles. The third-order valence-corrected chi connectivity index (χ3v) is 5.97. The van der Waals surface area contributed by atoms with Crippen LogP contribution in [0, 0.1) is 0 Å². The first-order valence-electron chi connectivity index (χ1n) is 9.95. The number of nitrogens with zero attached hydrogens (tertiary/aromatic N) is 2. The van der Waals surface area contributed by atoms with Gasteiger partial charge < -0.3 is 20.1 Å². The van der Waals surface area contributed by atoms with Gasteiger partial charge in [-0.15, -0.1) is 0 Å². The molecule has 2 fully saturated rings. The quantitative estimate of drug-likeness (QED) is 0.829. The summed E-state index contributed by atoms with van der Waals surface area (Å²) in [5, 5.41) is 7.05. The first-order chi connectivity index (χ1) is 13.7. The van der Waals surface area contributed by atoms with Gasteiger partial charge in [-0.1, -0.05) is 0 Å². The lowest BCUT2D eigenvalue weighted by atomic mass is 10.1. The van der Waals surface area contributed by atoms with Crippen molar-refractivity contribution >= 4 is 22.6 Å². The van der Waals surface area contributed by atoms with Gasteiger partial charge in [-0.2, -0.15) is 0 Å². The van der Waals surface area contributed by atoms with Gasteiger partial charge in [-0.25, -0.2) is 4.79 Å². The number of carbonyl (C=O) groups excluding carboxylic acids is 1. The van der Waals surface area contributed by atoms with Gasteiger partial charge in [-0.3, -0.25) is 9.88 Å². The Labute approximate surface area is 165 Å². The Balaban J connectivity index is 1.44. The molecule has 0 radical (unpaired) electrons. The maximum Gasteiger partial charge on any atom is 0.319 e. The van der Waals surface area contributed by atoms with Gasteiger partial charge in [0.1, 0.15) is 5.75 Å².